The second kappa shape index (κ2) is 8.39. The fraction of sp³-hybridized carbons (Fsp3) is 0.211. The Morgan fingerprint density at radius 2 is 2.00 bits per heavy atom. The van der Waals surface area contributed by atoms with Gasteiger partial charge in [-0.05, 0) is 36.2 Å². The molecule has 0 bridgehead atoms. The van der Waals surface area contributed by atoms with Crippen LogP contribution in [0.25, 0.3) is 0 Å². The van der Waals surface area contributed by atoms with E-state index in [2.05, 4.69) is 15.5 Å². The van der Waals surface area contributed by atoms with E-state index in [4.69, 9.17) is 9.26 Å². The molecule has 0 saturated heterocycles. The van der Waals surface area contributed by atoms with Gasteiger partial charge in [0.25, 0.3) is 5.91 Å². The summed E-state index contributed by atoms with van der Waals surface area (Å²) in [5.41, 5.74) is 1.01. The third-order valence-corrected chi connectivity index (χ3v) is 3.88. The second-order valence-electron chi connectivity index (χ2n) is 5.76. The number of benzene rings is 1. The topological polar surface area (TPSA) is 77.2 Å². The highest BCUT2D eigenvalue weighted by Gasteiger charge is 2.18. The van der Waals surface area contributed by atoms with Crippen molar-refractivity contribution in [2.75, 3.05) is 0 Å². The first kappa shape index (κ1) is 18.5. The molecule has 3 aromatic rings. The first-order chi connectivity index (χ1) is 13.1. The molecule has 27 heavy (non-hydrogen) atoms. The molecule has 1 unspecified atom stereocenters. The number of halogens is 2. The van der Waals surface area contributed by atoms with Crippen molar-refractivity contribution in [3.63, 3.8) is 0 Å². The minimum absolute atomic E-state index is 0.0840. The fourth-order valence-corrected chi connectivity index (χ4v) is 2.48. The number of hydrogen-bond donors (Lipinski definition) is 1. The van der Waals surface area contributed by atoms with Crippen molar-refractivity contribution >= 4 is 5.91 Å². The Labute approximate surface area is 154 Å². The monoisotopic (exact) mass is 373 g/mol. The van der Waals surface area contributed by atoms with Gasteiger partial charge in [-0.3, -0.25) is 9.78 Å². The lowest BCUT2D eigenvalue weighted by Gasteiger charge is -2.16. The number of nitrogens with one attached hydrogen (secondary N) is 1. The Bertz CT molecular complexity index is 916. The van der Waals surface area contributed by atoms with Gasteiger partial charge in [-0.25, -0.2) is 8.78 Å². The lowest BCUT2D eigenvalue weighted by molar-refractivity contribution is 0.0926. The molecule has 0 aliphatic carbocycles. The Morgan fingerprint density at radius 1 is 1.22 bits per heavy atom. The first-order valence-electron chi connectivity index (χ1n) is 8.31. The number of carbonyl (C=O) groups excluding carboxylic acids is 1. The average Bonchev–Trinajstić information content (AvgIpc) is 3.15. The third-order valence-electron chi connectivity index (χ3n) is 3.88. The summed E-state index contributed by atoms with van der Waals surface area (Å²) in [5, 5.41) is 6.58. The summed E-state index contributed by atoms with van der Waals surface area (Å²) in [6, 6.07) is 7.86. The largest absolute Gasteiger partial charge is 0.482 e. The molecule has 0 spiro atoms. The van der Waals surface area contributed by atoms with E-state index in [1.807, 2.05) is 19.1 Å². The molecule has 140 valence electrons. The minimum Gasteiger partial charge on any atom is -0.482 e. The lowest BCUT2D eigenvalue weighted by atomic mass is 10.1. The highest BCUT2D eigenvalue weighted by Crippen LogP contribution is 2.20. The summed E-state index contributed by atoms with van der Waals surface area (Å²) in [6.45, 7) is 1.80. The van der Waals surface area contributed by atoms with Crippen LogP contribution in [-0.2, 0) is 6.61 Å². The van der Waals surface area contributed by atoms with E-state index >= 15 is 0 Å². The van der Waals surface area contributed by atoms with Gasteiger partial charge in [0, 0.05) is 24.5 Å². The second-order valence-corrected chi connectivity index (χ2v) is 5.76. The Balaban J connectivity index is 1.61. The van der Waals surface area contributed by atoms with Crippen LogP contribution in [0.5, 0.6) is 5.75 Å². The molecular formula is C19H17F2N3O3. The van der Waals surface area contributed by atoms with Gasteiger partial charge in [-0.1, -0.05) is 12.1 Å². The maximum absolute atomic E-state index is 13.6. The number of ether oxygens (including phenoxy) is 1. The molecule has 0 fully saturated rings. The zero-order valence-electron chi connectivity index (χ0n) is 14.5. The molecular weight excluding hydrogens is 356 g/mol. The Morgan fingerprint density at radius 3 is 2.70 bits per heavy atom. The first-order valence-corrected chi connectivity index (χ1v) is 8.31. The molecule has 1 aromatic carbocycles. The minimum atomic E-state index is -0.823. The van der Waals surface area contributed by atoms with Crippen LogP contribution in [0.4, 0.5) is 8.78 Å². The van der Waals surface area contributed by atoms with Gasteiger partial charge in [0.15, 0.2) is 23.0 Å². The van der Waals surface area contributed by atoms with Crippen molar-refractivity contribution < 1.29 is 22.8 Å². The number of nitrogens with zero attached hydrogens (tertiary/aromatic N) is 2. The van der Waals surface area contributed by atoms with E-state index in [9.17, 15) is 13.6 Å². The van der Waals surface area contributed by atoms with Crippen molar-refractivity contribution in [1.29, 1.82) is 0 Å². The standard InChI is InChI=1S/C19H17F2N3O3/c1-2-16(12-5-7-22-8-6-12)23-19(25)17-10-14(27-24-17)11-26-18-4-3-13(20)9-15(18)21/h3-10,16H,2,11H2,1H3,(H,23,25). The number of hydrogen-bond acceptors (Lipinski definition) is 5. The summed E-state index contributed by atoms with van der Waals surface area (Å²) in [4.78, 5) is 16.3. The van der Waals surface area contributed by atoms with Crippen LogP contribution in [0.1, 0.15) is 41.2 Å². The summed E-state index contributed by atoms with van der Waals surface area (Å²) in [6.07, 6.45) is 4.00. The molecule has 1 atom stereocenters. The molecule has 1 amide bonds. The zero-order chi connectivity index (χ0) is 19.2. The summed E-state index contributed by atoms with van der Waals surface area (Å²) in [5.74, 6) is -1.81. The SMILES string of the molecule is CCC(NC(=O)c1cc(COc2ccc(F)cc2F)on1)c1ccncc1. The van der Waals surface area contributed by atoms with E-state index in [1.54, 1.807) is 12.4 Å². The maximum Gasteiger partial charge on any atom is 0.273 e. The number of rotatable bonds is 7. The van der Waals surface area contributed by atoms with Gasteiger partial charge >= 0.3 is 0 Å². The van der Waals surface area contributed by atoms with Gasteiger partial charge in [0.1, 0.15) is 12.4 Å². The van der Waals surface area contributed by atoms with Crippen LogP contribution < -0.4 is 10.1 Å². The number of carbonyl (C=O) groups is 1. The van der Waals surface area contributed by atoms with Crippen LogP contribution in [-0.4, -0.2) is 16.0 Å². The number of pyridine rings is 1. The van der Waals surface area contributed by atoms with E-state index in [-0.39, 0.29) is 29.9 Å². The molecule has 1 N–H and O–H groups in total. The molecule has 0 aliphatic rings. The fourth-order valence-electron chi connectivity index (χ4n) is 2.48. The summed E-state index contributed by atoms with van der Waals surface area (Å²) < 4.78 is 36.7. The normalized spacial score (nSPS) is 11.8. The van der Waals surface area contributed by atoms with Gasteiger partial charge in [0.2, 0.25) is 0 Å². The Kier molecular flexibility index (Phi) is 5.75. The summed E-state index contributed by atoms with van der Waals surface area (Å²) in [7, 11) is 0. The van der Waals surface area contributed by atoms with Crippen molar-refractivity contribution in [2.45, 2.75) is 26.0 Å². The molecule has 8 heteroatoms. The smallest absolute Gasteiger partial charge is 0.273 e. The molecule has 6 nitrogen and oxygen atoms in total. The van der Waals surface area contributed by atoms with Crippen LogP contribution in [0.3, 0.4) is 0 Å². The van der Waals surface area contributed by atoms with E-state index in [1.165, 1.54) is 12.1 Å². The van der Waals surface area contributed by atoms with Crippen LogP contribution in [0.15, 0.2) is 53.3 Å². The predicted molar refractivity (Wildman–Crippen MR) is 91.9 cm³/mol. The van der Waals surface area contributed by atoms with Crippen molar-refractivity contribution in [3.8, 4) is 5.75 Å². The van der Waals surface area contributed by atoms with Gasteiger partial charge in [-0.2, -0.15) is 0 Å². The predicted octanol–water partition coefficient (Wildman–Crippen LogP) is 3.81. The molecule has 2 heterocycles. The highest BCUT2D eigenvalue weighted by atomic mass is 19.1. The molecule has 0 radical (unpaired) electrons. The van der Waals surface area contributed by atoms with Crippen molar-refractivity contribution in [2.24, 2.45) is 0 Å². The zero-order valence-corrected chi connectivity index (χ0v) is 14.5. The summed E-state index contributed by atoms with van der Waals surface area (Å²) >= 11 is 0. The van der Waals surface area contributed by atoms with Gasteiger partial charge < -0.3 is 14.6 Å². The van der Waals surface area contributed by atoms with E-state index in [0.29, 0.717) is 6.42 Å². The quantitative estimate of drug-likeness (QED) is 0.681. The molecule has 2 aromatic heterocycles. The van der Waals surface area contributed by atoms with Gasteiger partial charge in [0.05, 0.1) is 6.04 Å². The number of amides is 1. The van der Waals surface area contributed by atoms with Crippen molar-refractivity contribution in [1.82, 2.24) is 15.5 Å². The molecule has 0 saturated carbocycles. The average molecular weight is 373 g/mol. The van der Waals surface area contributed by atoms with Crippen LogP contribution in [0.2, 0.25) is 0 Å². The third kappa shape index (κ3) is 4.66. The number of aromatic nitrogens is 2. The van der Waals surface area contributed by atoms with E-state index < -0.39 is 17.5 Å². The molecule has 0 aliphatic heterocycles. The molecule has 3 rings (SSSR count). The maximum atomic E-state index is 13.6. The van der Waals surface area contributed by atoms with Gasteiger partial charge in [-0.15, -0.1) is 0 Å². The van der Waals surface area contributed by atoms with Crippen LogP contribution >= 0.6 is 0 Å². The van der Waals surface area contributed by atoms with E-state index in [0.717, 1.165) is 17.7 Å². The van der Waals surface area contributed by atoms with Crippen molar-refractivity contribution in [3.05, 3.63) is 77.4 Å². The van der Waals surface area contributed by atoms with Crippen LogP contribution in [0, 0.1) is 11.6 Å². The lowest BCUT2D eigenvalue weighted by Crippen LogP contribution is -2.28. The highest BCUT2D eigenvalue weighted by molar-refractivity contribution is 5.92. The Hall–Kier alpha value is -3.29.